The van der Waals surface area contributed by atoms with Crippen LogP contribution in [0.2, 0.25) is 5.02 Å². The number of hydrogen-bond donors (Lipinski definition) is 2. The molecule has 3 aromatic rings. The Bertz CT molecular complexity index is 1330. The summed E-state index contributed by atoms with van der Waals surface area (Å²) in [6.07, 6.45) is 3.39. The van der Waals surface area contributed by atoms with Gasteiger partial charge < -0.3 is 10.4 Å². The fourth-order valence-electron chi connectivity index (χ4n) is 3.70. The maximum absolute atomic E-state index is 13.3. The molecule has 1 saturated carbocycles. The van der Waals surface area contributed by atoms with Gasteiger partial charge in [-0.15, -0.1) is 0 Å². The van der Waals surface area contributed by atoms with E-state index in [0.29, 0.717) is 16.6 Å². The van der Waals surface area contributed by atoms with E-state index in [0.717, 1.165) is 27.7 Å². The lowest BCUT2D eigenvalue weighted by Crippen LogP contribution is -2.44. The Labute approximate surface area is 201 Å². The van der Waals surface area contributed by atoms with Gasteiger partial charge in [-0.05, 0) is 55.4 Å². The van der Waals surface area contributed by atoms with E-state index < -0.39 is 23.3 Å². The molecule has 4 rings (SSSR count). The van der Waals surface area contributed by atoms with Crippen molar-refractivity contribution in [1.29, 1.82) is 0 Å². The van der Waals surface area contributed by atoms with Crippen molar-refractivity contribution in [2.24, 2.45) is 11.8 Å². The summed E-state index contributed by atoms with van der Waals surface area (Å²) in [6, 6.07) is 13.2. The van der Waals surface area contributed by atoms with E-state index in [-0.39, 0.29) is 19.0 Å². The Morgan fingerprint density at radius 1 is 1.18 bits per heavy atom. The van der Waals surface area contributed by atoms with Gasteiger partial charge in [0.05, 0.1) is 12.5 Å². The average Bonchev–Trinajstić information content (AvgIpc) is 3.61. The highest BCUT2D eigenvalue weighted by molar-refractivity contribution is 6.31. The van der Waals surface area contributed by atoms with Crippen LogP contribution in [0.5, 0.6) is 0 Å². The summed E-state index contributed by atoms with van der Waals surface area (Å²) in [6.45, 7) is 3.30. The second-order valence-corrected chi connectivity index (χ2v) is 9.41. The molecule has 1 aliphatic rings. The molecule has 0 aliphatic heterocycles. The number of benzene rings is 2. The van der Waals surface area contributed by atoms with Crippen LogP contribution in [0.25, 0.3) is 0 Å². The lowest BCUT2D eigenvalue weighted by Gasteiger charge is -2.17. The quantitative estimate of drug-likeness (QED) is 0.480. The minimum absolute atomic E-state index is 0.0702. The minimum Gasteiger partial charge on any atom is -0.481 e. The highest BCUT2D eigenvalue weighted by atomic mass is 35.5. The Kier molecular flexibility index (Phi) is 6.88. The van der Waals surface area contributed by atoms with Gasteiger partial charge >= 0.3 is 17.3 Å². The zero-order chi connectivity index (χ0) is 24.4. The van der Waals surface area contributed by atoms with Crippen molar-refractivity contribution in [3.63, 3.8) is 0 Å². The number of nitrogens with one attached hydrogen (secondary N) is 1. The molecular formula is C25H27ClN4O4. The van der Waals surface area contributed by atoms with Crippen LogP contribution in [0.1, 0.15) is 36.5 Å². The molecule has 1 heterocycles. The topological polar surface area (TPSA) is 106 Å². The van der Waals surface area contributed by atoms with Crippen molar-refractivity contribution in [3.8, 4) is 0 Å². The molecule has 8 nitrogen and oxygen atoms in total. The highest BCUT2D eigenvalue weighted by Crippen LogP contribution is 2.35. The number of carbonyl (C=O) groups is 1. The molecular weight excluding hydrogens is 456 g/mol. The van der Waals surface area contributed by atoms with E-state index in [4.69, 9.17) is 11.6 Å². The van der Waals surface area contributed by atoms with Crippen LogP contribution >= 0.6 is 11.6 Å². The summed E-state index contributed by atoms with van der Waals surface area (Å²) < 4.78 is 2.20. The van der Waals surface area contributed by atoms with Gasteiger partial charge in [-0.1, -0.05) is 54.4 Å². The van der Waals surface area contributed by atoms with Gasteiger partial charge in [-0.3, -0.25) is 9.36 Å². The Morgan fingerprint density at radius 3 is 2.50 bits per heavy atom. The number of nitrogens with zero attached hydrogens (tertiary/aromatic N) is 3. The van der Waals surface area contributed by atoms with Gasteiger partial charge in [-0.2, -0.15) is 4.98 Å². The fourth-order valence-corrected chi connectivity index (χ4v) is 3.96. The Morgan fingerprint density at radius 2 is 1.88 bits per heavy atom. The van der Waals surface area contributed by atoms with Crippen molar-refractivity contribution in [2.75, 3.05) is 5.32 Å². The highest BCUT2D eigenvalue weighted by Gasteiger charge is 2.23. The maximum Gasteiger partial charge on any atom is 0.354 e. The van der Waals surface area contributed by atoms with Gasteiger partial charge in [0.1, 0.15) is 0 Å². The normalized spacial score (nSPS) is 14.1. The van der Waals surface area contributed by atoms with Crippen molar-refractivity contribution in [2.45, 2.75) is 46.2 Å². The fraction of sp³-hybridized carbons (Fsp3) is 0.360. The third-order valence-corrected chi connectivity index (χ3v) is 6.36. The average molecular weight is 483 g/mol. The monoisotopic (exact) mass is 482 g/mol. The molecule has 9 heteroatoms. The lowest BCUT2D eigenvalue weighted by molar-refractivity contribution is -0.141. The second kappa shape index (κ2) is 9.85. The smallest absolute Gasteiger partial charge is 0.354 e. The largest absolute Gasteiger partial charge is 0.481 e. The predicted octanol–water partition coefficient (Wildman–Crippen LogP) is 3.83. The van der Waals surface area contributed by atoms with E-state index in [1.165, 1.54) is 24.3 Å². The van der Waals surface area contributed by atoms with Crippen molar-refractivity contribution < 1.29 is 9.90 Å². The minimum atomic E-state index is -1.10. The van der Waals surface area contributed by atoms with E-state index >= 15 is 0 Å². The molecule has 1 fully saturated rings. The van der Waals surface area contributed by atoms with Crippen molar-refractivity contribution in [3.05, 3.63) is 85.1 Å². The Balaban J connectivity index is 1.71. The lowest BCUT2D eigenvalue weighted by atomic mass is 10.1. The van der Waals surface area contributed by atoms with E-state index in [1.54, 1.807) is 6.07 Å². The summed E-state index contributed by atoms with van der Waals surface area (Å²) in [7, 11) is 0. The van der Waals surface area contributed by atoms with Crippen LogP contribution in [-0.2, 0) is 24.3 Å². The van der Waals surface area contributed by atoms with Crippen LogP contribution in [0.15, 0.2) is 52.1 Å². The summed E-state index contributed by atoms with van der Waals surface area (Å²) >= 11 is 6.48. The molecule has 0 saturated heterocycles. The van der Waals surface area contributed by atoms with Crippen molar-refractivity contribution in [1.82, 2.24) is 14.1 Å². The molecule has 0 amide bonds. The SMILES string of the molecule is Cc1ccc(Cn2c(Nc3ccc(CC4CC4)c(Cl)c3)nc(=O)n(CC(C)C(=O)O)c2=O)cc1. The maximum atomic E-state index is 13.3. The molecule has 2 aromatic carbocycles. The van der Waals surface area contributed by atoms with Gasteiger partial charge in [0.2, 0.25) is 5.95 Å². The molecule has 1 aromatic heterocycles. The van der Waals surface area contributed by atoms with E-state index in [9.17, 15) is 19.5 Å². The molecule has 1 unspecified atom stereocenters. The Hall–Kier alpha value is -3.39. The molecule has 0 bridgehead atoms. The molecule has 1 aliphatic carbocycles. The number of anilines is 2. The third kappa shape index (κ3) is 5.56. The first-order valence-corrected chi connectivity index (χ1v) is 11.6. The van der Waals surface area contributed by atoms with E-state index in [1.807, 2.05) is 43.3 Å². The second-order valence-electron chi connectivity index (χ2n) is 9.00. The van der Waals surface area contributed by atoms with Crippen LogP contribution < -0.4 is 16.7 Å². The number of aryl methyl sites for hydroxylation is 1. The molecule has 2 N–H and O–H groups in total. The van der Waals surface area contributed by atoms with Gasteiger partial charge in [-0.25, -0.2) is 14.2 Å². The zero-order valence-corrected chi connectivity index (χ0v) is 19.9. The standard InChI is InChI=1S/C25H27ClN4O4/c1-15-3-5-18(6-4-15)14-29-23(28-24(33)30(25(29)34)13-16(2)22(31)32)27-20-10-9-19(21(26)12-20)11-17-7-8-17/h3-6,9-10,12,16-17H,7-8,11,13-14H2,1-2H3,(H,31,32)(H,27,28,33). The summed E-state index contributed by atoms with van der Waals surface area (Å²) in [5.41, 5.74) is 2.15. The molecule has 0 radical (unpaired) electrons. The molecule has 1 atom stereocenters. The van der Waals surface area contributed by atoms with Gasteiger partial charge in [0.15, 0.2) is 0 Å². The number of aromatic nitrogens is 3. The summed E-state index contributed by atoms with van der Waals surface area (Å²) in [4.78, 5) is 41.4. The number of carboxylic acids is 1. The van der Waals surface area contributed by atoms with Crippen LogP contribution in [-0.4, -0.2) is 25.2 Å². The summed E-state index contributed by atoms with van der Waals surface area (Å²) in [5.74, 6) is -1.25. The number of hydrogen-bond acceptors (Lipinski definition) is 5. The van der Waals surface area contributed by atoms with Crippen LogP contribution in [0.3, 0.4) is 0 Å². The van der Waals surface area contributed by atoms with Gasteiger partial charge in [0.25, 0.3) is 0 Å². The first-order valence-electron chi connectivity index (χ1n) is 11.3. The number of carboxylic acid groups (broad SMARTS) is 1. The molecule has 178 valence electrons. The number of aliphatic carboxylic acids is 1. The third-order valence-electron chi connectivity index (χ3n) is 6.00. The number of rotatable bonds is 9. The molecule has 0 spiro atoms. The van der Waals surface area contributed by atoms with Crippen LogP contribution in [0.4, 0.5) is 11.6 Å². The summed E-state index contributed by atoms with van der Waals surface area (Å²) in [5, 5.41) is 12.9. The first kappa shape index (κ1) is 23.8. The zero-order valence-electron chi connectivity index (χ0n) is 19.1. The predicted molar refractivity (Wildman–Crippen MR) is 131 cm³/mol. The van der Waals surface area contributed by atoms with Crippen molar-refractivity contribution >= 4 is 29.2 Å². The van der Waals surface area contributed by atoms with E-state index in [2.05, 4.69) is 10.3 Å². The van der Waals surface area contributed by atoms with Crippen LogP contribution in [0, 0.1) is 18.8 Å². The molecule has 34 heavy (non-hydrogen) atoms. The first-order chi connectivity index (χ1) is 16.2. The van der Waals surface area contributed by atoms with Gasteiger partial charge in [0, 0.05) is 17.3 Å². The number of halogens is 1.